The zero-order valence-electron chi connectivity index (χ0n) is 14.3. The van der Waals surface area contributed by atoms with E-state index in [0.717, 1.165) is 21.7 Å². The number of aromatic nitrogens is 3. The second-order valence-corrected chi connectivity index (χ2v) is 6.96. The first-order valence-corrected chi connectivity index (χ1v) is 9.21. The topological polar surface area (TPSA) is 47.8 Å². The van der Waals surface area contributed by atoms with Crippen LogP contribution < -0.4 is 5.56 Å². The number of aryl methyl sites for hydroxylation is 1. The fraction of sp³-hybridized carbons (Fsp3) is 0.0952. The van der Waals surface area contributed by atoms with Crippen molar-refractivity contribution in [1.29, 1.82) is 0 Å². The Balaban J connectivity index is 1.71. The van der Waals surface area contributed by atoms with Crippen molar-refractivity contribution in [3.8, 4) is 22.3 Å². The summed E-state index contributed by atoms with van der Waals surface area (Å²) in [4.78, 5) is 21.7. The summed E-state index contributed by atoms with van der Waals surface area (Å²) in [5.41, 5.74) is 3.71. The van der Waals surface area contributed by atoms with Crippen molar-refractivity contribution in [1.82, 2.24) is 14.5 Å². The zero-order valence-corrected chi connectivity index (χ0v) is 15.1. The first-order chi connectivity index (χ1) is 12.7. The number of benzene rings is 2. The van der Waals surface area contributed by atoms with E-state index >= 15 is 0 Å². The molecule has 5 heteroatoms. The summed E-state index contributed by atoms with van der Waals surface area (Å²) < 4.78 is 1.68. The van der Waals surface area contributed by atoms with Crippen LogP contribution in [-0.4, -0.2) is 14.5 Å². The minimum atomic E-state index is -0.0415. The van der Waals surface area contributed by atoms with Gasteiger partial charge in [0.1, 0.15) is 10.8 Å². The van der Waals surface area contributed by atoms with Crippen LogP contribution in [0.2, 0.25) is 0 Å². The Hall–Kier alpha value is -3.05. The summed E-state index contributed by atoms with van der Waals surface area (Å²) in [7, 11) is 0. The van der Waals surface area contributed by atoms with Gasteiger partial charge in [-0.05, 0) is 23.6 Å². The van der Waals surface area contributed by atoms with Gasteiger partial charge < -0.3 is 0 Å². The lowest BCUT2D eigenvalue weighted by Crippen LogP contribution is -2.25. The molecule has 128 valence electrons. The van der Waals surface area contributed by atoms with Crippen molar-refractivity contribution in [2.45, 2.75) is 13.5 Å². The molecule has 0 bridgehead atoms. The van der Waals surface area contributed by atoms with Crippen LogP contribution in [-0.2, 0) is 6.54 Å². The summed E-state index contributed by atoms with van der Waals surface area (Å²) in [5, 5.41) is 2.81. The van der Waals surface area contributed by atoms with E-state index in [4.69, 9.17) is 0 Å². The lowest BCUT2D eigenvalue weighted by molar-refractivity contribution is 0.699. The molecule has 0 radical (unpaired) electrons. The van der Waals surface area contributed by atoms with Gasteiger partial charge in [-0.15, -0.1) is 11.3 Å². The third-order valence-electron chi connectivity index (χ3n) is 4.33. The van der Waals surface area contributed by atoms with E-state index in [-0.39, 0.29) is 5.56 Å². The van der Waals surface area contributed by atoms with Gasteiger partial charge in [0.15, 0.2) is 0 Å². The highest BCUT2D eigenvalue weighted by Crippen LogP contribution is 2.23. The Morgan fingerprint density at radius 3 is 2.31 bits per heavy atom. The van der Waals surface area contributed by atoms with Crippen molar-refractivity contribution in [3.05, 3.63) is 93.6 Å². The fourth-order valence-corrected chi connectivity index (χ4v) is 3.50. The average molecular weight is 359 g/mol. The van der Waals surface area contributed by atoms with Crippen molar-refractivity contribution in [3.63, 3.8) is 0 Å². The molecule has 0 fully saturated rings. The van der Waals surface area contributed by atoms with Crippen LogP contribution in [0.4, 0.5) is 0 Å². The van der Waals surface area contributed by atoms with E-state index in [1.165, 1.54) is 11.3 Å². The predicted octanol–water partition coefficient (Wildman–Crippen LogP) is 4.39. The summed E-state index contributed by atoms with van der Waals surface area (Å²) in [6.45, 7) is 2.29. The Kier molecular flexibility index (Phi) is 4.46. The average Bonchev–Trinajstić information content (AvgIpc) is 3.19. The molecule has 0 aliphatic heterocycles. The number of hydrogen-bond donors (Lipinski definition) is 0. The van der Waals surface area contributed by atoms with E-state index in [1.54, 1.807) is 17.0 Å². The maximum atomic E-state index is 13.0. The largest absolute Gasteiger partial charge is 0.289 e. The fourth-order valence-electron chi connectivity index (χ4n) is 2.90. The van der Waals surface area contributed by atoms with Crippen molar-refractivity contribution in [2.75, 3.05) is 0 Å². The molecule has 0 aliphatic rings. The number of rotatable bonds is 4. The quantitative estimate of drug-likeness (QED) is 0.543. The van der Waals surface area contributed by atoms with E-state index in [9.17, 15) is 4.79 Å². The maximum Gasteiger partial charge on any atom is 0.261 e. The normalized spacial score (nSPS) is 10.8. The second-order valence-electron chi connectivity index (χ2n) is 5.98. The molecule has 4 aromatic rings. The van der Waals surface area contributed by atoms with Crippen LogP contribution in [0.3, 0.4) is 0 Å². The number of thiazole rings is 1. The van der Waals surface area contributed by atoms with Crippen LogP contribution in [0.1, 0.15) is 10.8 Å². The molecular formula is C21H17N3OS. The number of hydrogen-bond acceptors (Lipinski definition) is 4. The molecule has 0 aliphatic carbocycles. The highest BCUT2D eigenvalue weighted by molar-refractivity contribution is 7.09. The third-order valence-corrected chi connectivity index (χ3v) is 5.09. The van der Waals surface area contributed by atoms with E-state index in [2.05, 4.69) is 22.1 Å². The minimum Gasteiger partial charge on any atom is -0.289 e. The molecule has 0 saturated carbocycles. The Bertz CT molecular complexity index is 1070. The monoisotopic (exact) mass is 359 g/mol. The maximum absolute atomic E-state index is 13.0. The number of nitrogens with zero attached hydrogens (tertiary/aromatic N) is 3. The molecule has 2 aromatic heterocycles. The van der Waals surface area contributed by atoms with Gasteiger partial charge in [0, 0.05) is 17.8 Å². The molecule has 4 rings (SSSR count). The van der Waals surface area contributed by atoms with Gasteiger partial charge in [0.25, 0.3) is 5.56 Å². The molecule has 0 N–H and O–H groups in total. The molecule has 0 spiro atoms. The van der Waals surface area contributed by atoms with Gasteiger partial charge in [-0.25, -0.2) is 9.97 Å². The van der Waals surface area contributed by atoms with E-state index in [0.29, 0.717) is 17.9 Å². The Morgan fingerprint density at radius 2 is 1.62 bits per heavy atom. The van der Waals surface area contributed by atoms with Gasteiger partial charge >= 0.3 is 0 Å². The van der Waals surface area contributed by atoms with Crippen LogP contribution >= 0.6 is 11.3 Å². The molecule has 2 heterocycles. The van der Waals surface area contributed by atoms with E-state index in [1.807, 2.05) is 54.8 Å². The first-order valence-electron chi connectivity index (χ1n) is 8.33. The van der Waals surface area contributed by atoms with Crippen molar-refractivity contribution in [2.24, 2.45) is 0 Å². The Labute approximate surface area is 155 Å². The van der Waals surface area contributed by atoms with Gasteiger partial charge in [-0.3, -0.25) is 9.36 Å². The van der Waals surface area contributed by atoms with Crippen molar-refractivity contribution >= 4 is 11.3 Å². The van der Waals surface area contributed by atoms with Crippen LogP contribution in [0.15, 0.2) is 77.2 Å². The minimum absolute atomic E-state index is 0.0415. The summed E-state index contributed by atoms with van der Waals surface area (Å²) in [6.07, 6.45) is 3.41. The highest BCUT2D eigenvalue weighted by Gasteiger charge is 2.11. The SMILES string of the molecule is Cc1ncc(-c2ccc(-c3ccccc3)cc2)c(=O)n1Cc1nccs1. The lowest BCUT2D eigenvalue weighted by Gasteiger charge is -2.10. The van der Waals surface area contributed by atoms with E-state index < -0.39 is 0 Å². The van der Waals surface area contributed by atoms with Gasteiger partial charge in [0.2, 0.25) is 0 Å². The first kappa shape index (κ1) is 16.4. The van der Waals surface area contributed by atoms with Crippen molar-refractivity contribution < 1.29 is 0 Å². The third kappa shape index (κ3) is 3.21. The van der Waals surface area contributed by atoms with Crippen LogP contribution in [0.5, 0.6) is 0 Å². The second kappa shape index (κ2) is 7.06. The Morgan fingerprint density at radius 1 is 0.923 bits per heavy atom. The van der Waals surface area contributed by atoms with Gasteiger partial charge in [-0.2, -0.15) is 0 Å². The molecule has 0 saturated heterocycles. The van der Waals surface area contributed by atoms with Gasteiger partial charge in [0.05, 0.1) is 12.1 Å². The van der Waals surface area contributed by atoms with Crippen LogP contribution in [0, 0.1) is 6.92 Å². The summed E-state index contributed by atoms with van der Waals surface area (Å²) in [5.74, 6) is 0.690. The highest BCUT2D eigenvalue weighted by atomic mass is 32.1. The smallest absolute Gasteiger partial charge is 0.261 e. The van der Waals surface area contributed by atoms with Crippen LogP contribution in [0.25, 0.3) is 22.3 Å². The predicted molar refractivity (Wildman–Crippen MR) is 105 cm³/mol. The molecule has 0 unspecified atom stereocenters. The molecule has 0 amide bonds. The standard InChI is InChI=1S/C21H17N3OS/c1-15-23-13-19(21(25)24(15)14-20-22-11-12-26-20)18-9-7-17(8-10-18)16-5-3-2-4-6-16/h2-13H,14H2,1H3. The zero-order chi connectivity index (χ0) is 17.9. The van der Waals surface area contributed by atoms with Gasteiger partial charge in [-0.1, -0.05) is 54.6 Å². The molecule has 4 nitrogen and oxygen atoms in total. The summed E-state index contributed by atoms with van der Waals surface area (Å²) in [6, 6.07) is 18.2. The lowest BCUT2D eigenvalue weighted by atomic mass is 10.0. The molecule has 0 atom stereocenters. The molecule has 2 aromatic carbocycles. The molecular weight excluding hydrogens is 342 g/mol. The molecule has 26 heavy (non-hydrogen) atoms. The summed E-state index contributed by atoms with van der Waals surface area (Å²) >= 11 is 1.54.